The number of alkyl carbamates (subject to hydrolysis) is 1. The highest BCUT2D eigenvalue weighted by Crippen LogP contribution is 2.34. The molecule has 0 aliphatic carbocycles. The molecule has 1 amide bonds. The maximum atomic E-state index is 13.6. The van der Waals surface area contributed by atoms with Gasteiger partial charge in [-0.3, -0.25) is 9.69 Å². The molecular weight excluding hydrogens is 486 g/mol. The van der Waals surface area contributed by atoms with Gasteiger partial charge in [0, 0.05) is 26.2 Å². The topological polar surface area (TPSA) is 114 Å². The molecule has 2 atom stereocenters. The molecule has 202 valence electrons. The van der Waals surface area contributed by atoms with E-state index in [-0.39, 0.29) is 17.5 Å². The van der Waals surface area contributed by atoms with Crippen LogP contribution in [0.4, 0.5) is 4.79 Å². The van der Waals surface area contributed by atoms with E-state index in [1.165, 1.54) is 11.4 Å². The van der Waals surface area contributed by atoms with Gasteiger partial charge in [-0.05, 0) is 77.6 Å². The number of ether oxygens (including phenoxy) is 3. The van der Waals surface area contributed by atoms with Crippen molar-refractivity contribution >= 4 is 22.1 Å². The predicted molar refractivity (Wildman–Crippen MR) is 134 cm³/mol. The fourth-order valence-electron chi connectivity index (χ4n) is 4.57. The number of likely N-dealkylation sites (tertiary alicyclic amines) is 1. The number of carbonyl (C=O) groups excluding carboxylic acids is 2. The Morgan fingerprint density at radius 3 is 2.56 bits per heavy atom. The van der Waals surface area contributed by atoms with Crippen molar-refractivity contribution in [1.29, 1.82) is 0 Å². The molecule has 2 aliphatic heterocycles. The second-order valence-corrected chi connectivity index (χ2v) is 12.2. The molecule has 2 aliphatic rings. The first-order chi connectivity index (χ1) is 16.9. The second-order valence-electron chi connectivity index (χ2n) is 10.4. The van der Waals surface area contributed by atoms with Gasteiger partial charge in [0.05, 0.1) is 7.11 Å². The van der Waals surface area contributed by atoms with Gasteiger partial charge in [-0.1, -0.05) is 6.07 Å². The molecule has 1 aromatic rings. The van der Waals surface area contributed by atoms with Gasteiger partial charge in [0.25, 0.3) is 0 Å². The lowest BCUT2D eigenvalue weighted by Crippen LogP contribution is -2.45. The van der Waals surface area contributed by atoms with Crippen molar-refractivity contribution in [3.8, 4) is 5.75 Å². The number of methoxy groups -OCH3 is 1. The van der Waals surface area contributed by atoms with E-state index in [2.05, 4.69) is 10.2 Å². The average molecular weight is 526 g/mol. The molecule has 0 bridgehead atoms. The molecule has 3 rings (SSSR count). The van der Waals surface area contributed by atoms with Gasteiger partial charge in [-0.15, -0.1) is 0 Å². The number of nitrogens with one attached hydrogen (secondary N) is 1. The minimum Gasteiger partial charge on any atom is -0.488 e. The maximum Gasteiger partial charge on any atom is 0.407 e. The standard InChI is InChI=1S/C25H39N3O7S/c1-18-10-11-22(36(31,32)28-14-7-9-20(28)23(29)33-5)21(16-18)34-19-8-6-13-27(17-19)15-12-26-24(30)35-25(2,3)4/h10-11,16,19-20H,6-9,12-15,17H2,1-5H3,(H,26,30)/t19-,20+/m1/s1. The quantitative estimate of drug-likeness (QED) is 0.516. The van der Waals surface area contributed by atoms with Crippen LogP contribution in [0.25, 0.3) is 0 Å². The van der Waals surface area contributed by atoms with E-state index in [0.717, 1.165) is 24.9 Å². The number of benzene rings is 1. The summed E-state index contributed by atoms with van der Waals surface area (Å²) in [6.07, 6.45) is 2.05. The van der Waals surface area contributed by atoms with E-state index in [1.807, 2.05) is 27.7 Å². The number of piperidine rings is 1. The Labute approximate surface area is 214 Å². The lowest BCUT2D eigenvalue weighted by atomic mass is 10.1. The molecule has 2 heterocycles. The van der Waals surface area contributed by atoms with Crippen LogP contribution in [0.15, 0.2) is 23.1 Å². The molecule has 0 saturated carbocycles. The average Bonchev–Trinajstić information content (AvgIpc) is 3.28. The van der Waals surface area contributed by atoms with Crippen LogP contribution >= 0.6 is 0 Å². The Morgan fingerprint density at radius 2 is 1.86 bits per heavy atom. The summed E-state index contributed by atoms with van der Waals surface area (Å²) in [7, 11) is -2.69. The number of hydrogen-bond donors (Lipinski definition) is 1. The van der Waals surface area contributed by atoms with Crippen LogP contribution in [-0.4, -0.2) is 87.3 Å². The number of aryl methyl sites for hydroxylation is 1. The van der Waals surface area contributed by atoms with Crippen molar-refractivity contribution in [3.63, 3.8) is 0 Å². The fraction of sp³-hybridized carbons (Fsp3) is 0.680. The van der Waals surface area contributed by atoms with Crippen molar-refractivity contribution in [2.45, 2.75) is 76.0 Å². The first-order valence-electron chi connectivity index (χ1n) is 12.5. The van der Waals surface area contributed by atoms with Crippen LogP contribution < -0.4 is 10.1 Å². The Balaban J connectivity index is 1.67. The van der Waals surface area contributed by atoms with E-state index in [4.69, 9.17) is 14.2 Å². The Hall–Kier alpha value is -2.37. The van der Waals surface area contributed by atoms with Gasteiger partial charge < -0.3 is 19.5 Å². The minimum absolute atomic E-state index is 0.0626. The Bertz CT molecular complexity index is 1040. The molecule has 2 saturated heterocycles. The first kappa shape index (κ1) is 28.2. The Morgan fingerprint density at radius 1 is 1.14 bits per heavy atom. The van der Waals surface area contributed by atoms with Crippen LogP contribution in [0.2, 0.25) is 0 Å². The SMILES string of the molecule is COC(=O)[C@@H]1CCCN1S(=O)(=O)c1ccc(C)cc1O[C@@H]1CCCN(CCNC(=O)OC(C)(C)C)C1. The predicted octanol–water partition coefficient (Wildman–Crippen LogP) is 2.69. The van der Waals surface area contributed by atoms with E-state index >= 15 is 0 Å². The molecule has 10 nitrogen and oxygen atoms in total. The fourth-order valence-corrected chi connectivity index (χ4v) is 6.32. The molecule has 0 radical (unpaired) electrons. The zero-order chi connectivity index (χ0) is 26.5. The minimum atomic E-state index is -3.96. The summed E-state index contributed by atoms with van der Waals surface area (Å²) in [5.41, 5.74) is 0.329. The number of esters is 1. The second kappa shape index (κ2) is 11.8. The number of sulfonamides is 1. The third-order valence-electron chi connectivity index (χ3n) is 6.21. The molecule has 36 heavy (non-hydrogen) atoms. The van der Waals surface area contributed by atoms with Gasteiger partial charge in [0.15, 0.2) is 0 Å². The summed E-state index contributed by atoms with van der Waals surface area (Å²) in [6.45, 7) is 10.1. The molecule has 11 heteroatoms. The smallest absolute Gasteiger partial charge is 0.407 e. The number of rotatable bonds is 8. The molecule has 1 aromatic carbocycles. The molecular formula is C25H39N3O7S. The molecule has 0 aromatic heterocycles. The van der Waals surface area contributed by atoms with Crippen molar-refractivity contribution in [2.24, 2.45) is 0 Å². The lowest BCUT2D eigenvalue weighted by molar-refractivity contribution is -0.144. The summed E-state index contributed by atoms with van der Waals surface area (Å²) < 4.78 is 44.8. The largest absolute Gasteiger partial charge is 0.488 e. The van der Waals surface area contributed by atoms with Gasteiger partial charge in [-0.25, -0.2) is 13.2 Å². The molecule has 1 N–H and O–H groups in total. The highest BCUT2D eigenvalue weighted by atomic mass is 32.2. The van der Waals surface area contributed by atoms with Crippen molar-refractivity contribution in [3.05, 3.63) is 23.8 Å². The van der Waals surface area contributed by atoms with E-state index < -0.39 is 33.7 Å². The van der Waals surface area contributed by atoms with Crippen LogP contribution in [0.1, 0.15) is 52.0 Å². The third kappa shape index (κ3) is 7.33. The van der Waals surface area contributed by atoms with Crippen LogP contribution in [-0.2, 0) is 24.3 Å². The van der Waals surface area contributed by atoms with Crippen LogP contribution in [0.5, 0.6) is 5.75 Å². The van der Waals surface area contributed by atoms with Gasteiger partial charge in [0.1, 0.15) is 28.4 Å². The zero-order valence-corrected chi connectivity index (χ0v) is 22.7. The lowest BCUT2D eigenvalue weighted by Gasteiger charge is -2.33. The van der Waals surface area contributed by atoms with Gasteiger partial charge >= 0.3 is 12.1 Å². The normalized spacial score (nSPS) is 21.7. The number of hydrogen-bond acceptors (Lipinski definition) is 8. The monoisotopic (exact) mass is 525 g/mol. The summed E-state index contributed by atoms with van der Waals surface area (Å²) in [5, 5.41) is 2.77. The summed E-state index contributed by atoms with van der Waals surface area (Å²) in [6, 6.07) is 4.20. The number of nitrogens with zero attached hydrogens (tertiary/aromatic N) is 2. The van der Waals surface area contributed by atoms with Crippen molar-refractivity contribution < 1.29 is 32.2 Å². The first-order valence-corrected chi connectivity index (χ1v) is 13.9. The molecule has 0 spiro atoms. The van der Waals surface area contributed by atoms with Gasteiger partial charge in [-0.2, -0.15) is 4.31 Å². The van der Waals surface area contributed by atoms with E-state index in [0.29, 0.717) is 38.2 Å². The summed E-state index contributed by atoms with van der Waals surface area (Å²) >= 11 is 0. The van der Waals surface area contributed by atoms with Crippen molar-refractivity contribution in [2.75, 3.05) is 39.8 Å². The molecule has 0 unspecified atom stereocenters. The third-order valence-corrected chi connectivity index (χ3v) is 8.16. The van der Waals surface area contributed by atoms with Crippen molar-refractivity contribution in [1.82, 2.24) is 14.5 Å². The van der Waals surface area contributed by atoms with Crippen LogP contribution in [0.3, 0.4) is 0 Å². The number of amides is 1. The Kier molecular flexibility index (Phi) is 9.23. The van der Waals surface area contributed by atoms with Crippen LogP contribution in [0, 0.1) is 6.92 Å². The number of carbonyl (C=O) groups is 2. The highest BCUT2D eigenvalue weighted by molar-refractivity contribution is 7.89. The summed E-state index contributed by atoms with van der Waals surface area (Å²) in [4.78, 5) is 26.3. The van der Waals surface area contributed by atoms with E-state index in [9.17, 15) is 18.0 Å². The van der Waals surface area contributed by atoms with Gasteiger partial charge in [0.2, 0.25) is 10.0 Å². The zero-order valence-electron chi connectivity index (χ0n) is 21.9. The summed E-state index contributed by atoms with van der Waals surface area (Å²) in [5.74, 6) is -0.252. The van der Waals surface area contributed by atoms with E-state index in [1.54, 1.807) is 18.2 Å². The highest BCUT2D eigenvalue weighted by Gasteiger charge is 2.41. The molecule has 2 fully saturated rings. The maximum absolute atomic E-state index is 13.6.